The van der Waals surface area contributed by atoms with Gasteiger partial charge in [-0.05, 0) is 31.5 Å². The first-order valence-electron chi connectivity index (χ1n) is 6.28. The molecule has 0 bridgehead atoms. The topological polar surface area (TPSA) is 49.3 Å². The summed E-state index contributed by atoms with van der Waals surface area (Å²) in [6, 6.07) is 3.95. The Kier molecular flexibility index (Phi) is 6.04. The molecule has 0 aromatic heterocycles. The van der Waals surface area contributed by atoms with Crippen LogP contribution in [0.5, 0.6) is 0 Å². The van der Waals surface area contributed by atoms with E-state index in [1.165, 1.54) is 18.2 Å². The minimum absolute atomic E-state index is 0.0222. The Balaban J connectivity index is 3.01. The van der Waals surface area contributed by atoms with E-state index in [1.54, 1.807) is 0 Å². The summed E-state index contributed by atoms with van der Waals surface area (Å²) in [5, 5.41) is 11.5. The number of benzene rings is 1. The van der Waals surface area contributed by atoms with Crippen molar-refractivity contribution in [3.63, 3.8) is 0 Å². The molecule has 1 aromatic rings. The van der Waals surface area contributed by atoms with Crippen molar-refractivity contribution in [3.05, 3.63) is 35.1 Å². The third-order valence-electron chi connectivity index (χ3n) is 2.68. The van der Waals surface area contributed by atoms with Gasteiger partial charge in [-0.2, -0.15) is 0 Å². The SMILES string of the molecule is CCC(C)NC(=O)c1cc(F)ccc1C#CCCO. The van der Waals surface area contributed by atoms with Gasteiger partial charge in [-0.25, -0.2) is 4.39 Å². The number of carbonyl (C=O) groups excluding carboxylic acids is 1. The Morgan fingerprint density at radius 1 is 1.53 bits per heavy atom. The van der Waals surface area contributed by atoms with Crippen LogP contribution in [-0.4, -0.2) is 23.7 Å². The van der Waals surface area contributed by atoms with Crippen LogP contribution >= 0.6 is 0 Å². The second-order valence-electron chi connectivity index (χ2n) is 4.25. The standard InChI is InChI=1S/C15H18FNO2/c1-3-11(2)17-15(19)14-10-13(16)8-7-12(14)6-4-5-9-18/h7-8,10-11,18H,3,5,9H2,1-2H3,(H,17,19). The van der Waals surface area contributed by atoms with E-state index in [0.29, 0.717) is 12.0 Å². The molecule has 2 N–H and O–H groups in total. The zero-order valence-corrected chi connectivity index (χ0v) is 11.2. The number of aliphatic hydroxyl groups excluding tert-OH is 1. The molecule has 1 amide bonds. The van der Waals surface area contributed by atoms with Crippen LogP contribution in [0.1, 0.15) is 42.6 Å². The summed E-state index contributed by atoms with van der Waals surface area (Å²) in [6.45, 7) is 3.80. The third kappa shape index (κ3) is 4.72. The number of nitrogens with one attached hydrogen (secondary N) is 1. The molecule has 1 atom stereocenters. The van der Waals surface area contributed by atoms with Gasteiger partial charge in [-0.3, -0.25) is 4.79 Å². The fraction of sp³-hybridized carbons (Fsp3) is 0.400. The van der Waals surface area contributed by atoms with Crippen molar-refractivity contribution in [3.8, 4) is 11.8 Å². The predicted molar refractivity (Wildman–Crippen MR) is 72.2 cm³/mol. The highest BCUT2D eigenvalue weighted by atomic mass is 19.1. The van der Waals surface area contributed by atoms with Gasteiger partial charge in [0.25, 0.3) is 5.91 Å². The van der Waals surface area contributed by atoms with E-state index in [1.807, 2.05) is 13.8 Å². The number of halogens is 1. The van der Waals surface area contributed by atoms with Crippen molar-refractivity contribution < 1.29 is 14.3 Å². The molecule has 19 heavy (non-hydrogen) atoms. The summed E-state index contributed by atoms with van der Waals surface area (Å²) >= 11 is 0. The highest BCUT2D eigenvalue weighted by molar-refractivity contribution is 5.96. The van der Waals surface area contributed by atoms with Crippen LogP contribution < -0.4 is 5.32 Å². The zero-order chi connectivity index (χ0) is 14.3. The Morgan fingerprint density at radius 2 is 2.26 bits per heavy atom. The number of hydrogen-bond donors (Lipinski definition) is 2. The van der Waals surface area contributed by atoms with E-state index < -0.39 is 5.82 Å². The molecule has 1 rings (SSSR count). The molecule has 102 valence electrons. The van der Waals surface area contributed by atoms with Crippen molar-refractivity contribution in [2.75, 3.05) is 6.61 Å². The van der Waals surface area contributed by atoms with E-state index in [9.17, 15) is 9.18 Å². The summed E-state index contributed by atoms with van der Waals surface area (Å²) < 4.78 is 13.2. The first-order valence-corrected chi connectivity index (χ1v) is 6.28. The molecule has 0 aliphatic carbocycles. The van der Waals surface area contributed by atoms with Gasteiger partial charge in [0.2, 0.25) is 0 Å². The molecular weight excluding hydrogens is 245 g/mol. The largest absolute Gasteiger partial charge is 0.395 e. The van der Waals surface area contributed by atoms with E-state index in [2.05, 4.69) is 17.2 Å². The van der Waals surface area contributed by atoms with Gasteiger partial charge in [0.1, 0.15) is 5.82 Å². The lowest BCUT2D eigenvalue weighted by Crippen LogP contribution is -2.32. The van der Waals surface area contributed by atoms with Gasteiger partial charge >= 0.3 is 0 Å². The molecule has 0 fully saturated rings. The van der Waals surface area contributed by atoms with Crippen LogP contribution in [0.4, 0.5) is 4.39 Å². The van der Waals surface area contributed by atoms with Gasteiger partial charge in [0, 0.05) is 18.0 Å². The first-order chi connectivity index (χ1) is 9.08. The number of amides is 1. The quantitative estimate of drug-likeness (QED) is 0.817. The van der Waals surface area contributed by atoms with E-state index in [0.717, 1.165) is 6.42 Å². The van der Waals surface area contributed by atoms with Gasteiger partial charge in [0.05, 0.1) is 12.2 Å². The van der Waals surface area contributed by atoms with Crippen LogP contribution in [-0.2, 0) is 0 Å². The normalized spacial score (nSPS) is 11.4. The molecular formula is C15H18FNO2. The summed E-state index contributed by atoms with van der Waals surface area (Å²) in [7, 11) is 0. The molecule has 1 aromatic carbocycles. The number of carbonyl (C=O) groups is 1. The molecule has 0 aliphatic rings. The lowest BCUT2D eigenvalue weighted by molar-refractivity contribution is 0.0938. The van der Waals surface area contributed by atoms with Crippen LogP contribution in [0.25, 0.3) is 0 Å². The maximum absolute atomic E-state index is 13.2. The first kappa shape index (κ1) is 15.2. The van der Waals surface area contributed by atoms with Crippen molar-refractivity contribution in [1.82, 2.24) is 5.32 Å². The van der Waals surface area contributed by atoms with E-state index >= 15 is 0 Å². The third-order valence-corrected chi connectivity index (χ3v) is 2.68. The maximum atomic E-state index is 13.2. The Bertz CT molecular complexity index is 503. The number of aliphatic hydroxyl groups is 1. The lowest BCUT2D eigenvalue weighted by Gasteiger charge is -2.12. The Hall–Kier alpha value is -1.86. The Labute approximate surface area is 112 Å². The number of hydrogen-bond acceptors (Lipinski definition) is 2. The van der Waals surface area contributed by atoms with E-state index in [4.69, 9.17) is 5.11 Å². The lowest BCUT2D eigenvalue weighted by atomic mass is 10.1. The smallest absolute Gasteiger partial charge is 0.252 e. The minimum Gasteiger partial charge on any atom is -0.395 e. The average Bonchev–Trinajstić information content (AvgIpc) is 2.40. The fourth-order valence-corrected chi connectivity index (χ4v) is 1.43. The molecule has 0 saturated heterocycles. The minimum atomic E-state index is -0.470. The maximum Gasteiger partial charge on any atom is 0.252 e. The van der Waals surface area contributed by atoms with Gasteiger partial charge in [-0.15, -0.1) is 0 Å². The van der Waals surface area contributed by atoms with Crippen LogP contribution in [0.2, 0.25) is 0 Å². The summed E-state index contributed by atoms with van der Waals surface area (Å²) in [5.74, 6) is 4.71. The second kappa shape index (κ2) is 7.55. The number of rotatable bonds is 4. The molecule has 0 aliphatic heterocycles. The highest BCUT2D eigenvalue weighted by Gasteiger charge is 2.13. The van der Waals surface area contributed by atoms with Gasteiger partial charge < -0.3 is 10.4 Å². The molecule has 0 heterocycles. The predicted octanol–water partition coefficient (Wildman–Crippen LogP) is 2.09. The second-order valence-corrected chi connectivity index (χ2v) is 4.25. The fourth-order valence-electron chi connectivity index (χ4n) is 1.43. The van der Waals surface area contributed by atoms with Crippen LogP contribution in [0.3, 0.4) is 0 Å². The molecule has 1 unspecified atom stereocenters. The summed E-state index contributed by atoms with van der Waals surface area (Å²) in [6.07, 6.45) is 1.12. The summed E-state index contributed by atoms with van der Waals surface area (Å²) in [4.78, 5) is 12.0. The van der Waals surface area contributed by atoms with Gasteiger partial charge in [-0.1, -0.05) is 18.8 Å². The van der Waals surface area contributed by atoms with Crippen molar-refractivity contribution in [1.29, 1.82) is 0 Å². The molecule has 0 saturated carbocycles. The van der Waals surface area contributed by atoms with Crippen molar-refractivity contribution in [2.45, 2.75) is 32.7 Å². The van der Waals surface area contributed by atoms with E-state index in [-0.39, 0.29) is 24.1 Å². The van der Waals surface area contributed by atoms with Gasteiger partial charge in [0.15, 0.2) is 0 Å². The van der Waals surface area contributed by atoms with Crippen LogP contribution in [0.15, 0.2) is 18.2 Å². The Morgan fingerprint density at radius 3 is 2.89 bits per heavy atom. The molecule has 3 nitrogen and oxygen atoms in total. The average molecular weight is 263 g/mol. The molecule has 0 spiro atoms. The summed E-state index contributed by atoms with van der Waals surface area (Å²) in [5.41, 5.74) is 0.696. The van der Waals surface area contributed by atoms with Crippen molar-refractivity contribution >= 4 is 5.91 Å². The molecule has 0 radical (unpaired) electrons. The zero-order valence-electron chi connectivity index (χ0n) is 11.2. The molecule has 4 heteroatoms. The highest BCUT2D eigenvalue weighted by Crippen LogP contribution is 2.11. The van der Waals surface area contributed by atoms with Crippen LogP contribution in [0, 0.1) is 17.7 Å². The monoisotopic (exact) mass is 263 g/mol. The van der Waals surface area contributed by atoms with Crippen molar-refractivity contribution in [2.24, 2.45) is 0 Å².